The summed E-state index contributed by atoms with van der Waals surface area (Å²) in [6.45, 7) is 4.90. The molecule has 0 fully saturated rings. The molecule has 0 atom stereocenters. The van der Waals surface area contributed by atoms with E-state index in [0.29, 0.717) is 23.8 Å². The standard InChI is InChI=1S/C13H20ClN5O2/c1-8(2)6-17-11(20)3-4-16-13(21)9-5-10(14)12(19-15)18-7-9/h5,7-8H,3-4,6,15H2,1-2H3,(H,16,21)(H,17,20)(H,18,19). The smallest absolute Gasteiger partial charge is 0.252 e. The van der Waals surface area contributed by atoms with Crippen molar-refractivity contribution in [1.82, 2.24) is 15.6 Å². The van der Waals surface area contributed by atoms with E-state index in [9.17, 15) is 9.59 Å². The van der Waals surface area contributed by atoms with Crippen LogP contribution < -0.4 is 21.9 Å². The van der Waals surface area contributed by atoms with Gasteiger partial charge in [0.1, 0.15) is 0 Å². The molecular formula is C13H20ClN5O2. The fourth-order valence-corrected chi connectivity index (χ4v) is 1.69. The number of aromatic nitrogens is 1. The van der Waals surface area contributed by atoms with Gasteiger partial charge < -0.3 is 16.1 Å². The highest BCUT2D eigenvalue weighted by molar-refractivity contribution is 6.33. The van der Waals surface area contributed by atoms with Crippen molar-refractivity contribution in [1.29, 1.82) is 0 Å². The van der Waals surface area contributed by atoms with E-state index in [1.54, 1.807) is 0 Å². The lowest BCUT2D eigenvalue weighted by molar-refractivity contribution is -0.121. The number of hydrazine groups is 1. The number of anilines is 1. The summed E-state index contributed by atoms with van der Waals surface area (Å²) in [7, 11) is 0. The summed E-state index contributed by atoms with van der Waals surface area (Å²) >= 11 is 5.88. The van der Waals surface area contributed by atoms with Crippen molar-refractivity contribution in [3.05, 3.63) is 22.8 Å². The van der Waals surface area contributed by atoms with Crippen molar-refractivity contribution in [2.75, 3.05) is 18.5 Å². The number of hydrogen-bond acceptors (Lipinski definition) is 5. The molecule has 0 spiro atoms. The predicted octanol–water partition coefficient (Wildman–Crippen LogP) is 0.913. The number of nitrogens with zero attached hydrogens (tertiary/aromatic N) is 1. The molecule has 1 aromatic heterocycles. The molecule has 116 valence electrons. The number of halogens is 1. The zero-order valence-corrected chi connectivity index (χ0v) is 12.8. The Bertz CT molecular complexity index is 507. The van der Waals surface area contributed by atoms with E-state index in [-0.39, 0.29) is 29.8 Å². The zero-order valence-electron chi connectivity index (χ0n) is 12.1. The van der Waals surface area contributed by atoms with Gasteiger partial charge in [-0.1, -0.05) is 25.4 Å². The molecule has 1 heterocycles. The maximum absolute atomic E-state index is 11.9. The lowest BCUT2D eigenvalue weighted by Gasteiger charge is -2.09. The third-order valence-corrected chi connectivity index (χ3v) is 2.87. The largest absolute Gasteiger partial charge is 0.356 e. The van der Waals surface area contributed by atoms with Gasteiger partial charge in [0.15, 0.2) is 5.82 Å². The third kappa shape index (κ3) is 5.97. The number of amides is 2. The first kappa shape index (κ1) is 17.2. The highest BCUT2D eigenvalue weighted by Gasteiger charge is 2.10. The number of nitrogens with two attached hydrogens (primary N) is 1. The molecule has 0 bridgehead atoms. The summed E-state index contributed by atoms with van der Waals surface area (Å²) in [5, 5.41) is 5.66. The van der Waals surface area contributed by atoms with Gasteiger partial charge in [-0.2, -0.15) is 0 Å². The Morgan fingerprint density at radius 3 is 2.67 bits per heavy atom. The van der Waals surface area contributed by atoms with Crippen molar-refractivity contribution >= 4 is 29.2 Å². The van der Waals surface area contributed by atoms with E-state index in [1.165, 1.54) is 12.3 Å². The van der Waals surface area contributed by atoms with Gasteiger partial charge in [-0.3, -0.25) is 9.59 Å². The molecule has 1 aromatic rings. The van der Waals surface area contributed by atoms with E-state index in [4.69, 9.17) is 17.4 Å². The molecule has 0 aromatic carbocycles. The van der Waals surface area contributed by atoms with Gasteiger partial charge in [-0.25, -0.2) is 10.8 Å². The molecule has 0 aliphatic rings. The van der Waals surface area contributed by atoms with Crippen LogP contribution in [0.2, 0.25) is 5.02 Å². The van der Waals surface area contributed by atoms with Crippen LogP contribution >= 0.6 is 11.6 Å². The van der Waals surface area contributed by atoms with Crippen LogP contribution in [0.1, 0.15) is 30.6 Å². The third-order valence-electron chi connectivity index (χ3n) is 2.59. The van der Waals surface area contributed by atoms with Crippen molar-refractivity contribution in [3.8, 4) is 0 Å². The fourth-order valence-electron chi connectivity index (χ4n) is 1.47. The second-order valence-electron chi connectivity index (χ2n) is 4.90. The summed E-state index contributed by atoms with van der Waals surface area (Å²) in [5.41, 5.74) is 2.62. The Balaban J connectivity index is 2.40. The molecule has 21 heavy (non-hydrogen) atoms. The number of carbonyl (C=O) groups is 2. The molecule has 8 heteroatoms. The second-order valence-corrected chi connectivity index (χ2v) is 5.31. The average Bonchev–Trinajstić information content (AvgIpc) is 2.44. The van der Waals surface area contributed by atoms with E-state index < -0.39 is 0 Å². The monoisotopic (exact) mass is 313 g/mol. The minimum atomic E-state index is -0.343. The van der Waals surface area contributed by atoms with Crippen LogP contribution in [-0.4, -0.2) is 29.9 Å². The SMILES string of the molecule is CC(C)CNC(=O)CCNC(=O)c1cnc(NN)c(Cl)c1. The fraction of sp³-hybridized carbons (Fsp3) is 0.462. The van der Waals surface area contributed by atoms with Crippen LogP contribution in [0, 0.1) is 5.92 Å². The first-order valence-corrected chi connectivity index (χ1v) is 6.99. The molecule has 0 saturated carbocycles. The number of nitrogens with one attached hydrogen (secondary N) is 3. The summed E-state index contributed by atoms with van der Waals surface area (Å²) in [6.07, 6.45) is 1.58. The van der Waals surface area contributed by atoms with Crippen LogP contribution in [-0.2, 0) is 4.79 Å². The summed E-state index contributed by atoms with van der Waals surface area (Å²) in [4.78, 5) is 27.2. The van der Waals surface area contributed by atoms with Crippen molar-refractivity contribution < 1.29 is 9.59 Å². The van der Waals surface area contributed by atoms with Crippen LogP contribution in [0.25, 0.3) is 0 Å². The minimum absolute atomic E-state index is 0.0946. The van der Waals surface area contributed by atoms with E-state index >= 15 is 0 Å². The lowest BCUT2D eigenvalue weighted by Crippen LogP contribution is -2.32. The summed E-state index contributed by atoms with van der Waals surface area (Å²) in [5.74, 6) is 5.45. The Kier molecular flexibility index (Phi) is 6.90. The van der Waals surface area contributed by atoms with Gasteiger partial charge in [-0.05, 0) is 12.0 Å². The minimum Gasteiger partial charge on any atom is -0.356 e. The highest BCUT2D eigenvalue weighted by Crippen LogP contribution is 2.18. The van der Waals surface area contributed by atoms with Gasteiger partial charge >= 0.3 is 0 Å². The lowest BCUT2D eigenvalue weighted by atomic mass is 10.2. The molecular weight excluding hydrogens is 294 g/mol. The molecule has 0 saturated heterocycles. The maximum atomic E-state index is 11.9. The van der Waals surface area contributed by atoms with Gasteiger partial charge in [-0.15, -0.1) is 0 Å². The zero-order chi connectivity index (χ0) is 15.8. The van der Waals surface area contributed by atoms with Crippen LogP contribution in [0.5, 0.6) is 0 Å². The van der Waals surface area contributed by atoms with Crippen molar-refractivity contribution in [2.24, 2.45) is 11.8 Å². The van der Waals surface area contributed by atoms with E-state index in [2.05, 4.69) is 21.0 Å². The second kappa shape index (κ2) is 8.43. The highest BCUT2D eigenvalue weighted by atomic mass is 35.5. The normalized spacial score (nSPS) is 10.3. The predicted molar refractivity (Wildman–Crippen MR) is 81.9 cm³/mol. The molecule has 2 amide bonds. The maximum Gasteiger partial charge on any atom is 0.252 e. The van der Waals surface area contributed by atoms with E-state index in [0.717, 1.165) is 0 Å². The van der Waals surface area contributed by atoms with Gasteiger partial charge in [0.05, 0.1) is 10.6 Å². The molecule has 0 aliphatic heterocycles. The number of rotatable bonds is 7. The Hall–Kier alpha value is -1.86. The Morgan fingerprint density at radius 1 is 1.38 bits per heavy atom. The number of hydrogen-bond donors (Lipinski definition) is 4. The first-order valence-electron chi connectivity index (χ1n) is 6.61. The number of pyridine rings is 1. The quantitative estimate of drug-likeness (QED) is 0.442. The van der Waals surface area contributed by atoms with E-state index in [1.807, 2.05) is 13.8 Å². The molecule has 0 aliphatic carbocycles. The molecule has 1 rings (SSSR count). The van der Waals surface area contributed by atoms with Gasteiger partial charge in [0, 0.05) is 25.7 Å². The Morgan fingerprint density at radius 2 is 2.10 bits per heavy atom. The topological polar surface area (TPSA) is 109 Å². The molecule has 0 unspecified atom stereocenters. The average molecular weight is 314 g/mol. The van der Waals surface area contributed by atoms with Gasteiger partial charge in [0.25, 0.3) is 5.91 Å². The molecule has 0 radical (unpaired) electrons. The first-order chi connectivity index (χ1) is 9.93. The van der Waals surface area contributed by atoms with Crippen LogP contribution in [0.3, 0.4) is 0 Å². The van der Waals surface area contributed by atoms with Crippen molar-refractivity contribution in [3.63, 3.8) is 0 Å². The Labute approximate surface area is 128 Å². The van der Waals surface area contributed by atoms with Crippen LogP contribution in [0.4, 0.5) is 5.82 Å². The number of carbonyl (C=O) groups excluding carboxylic acids is 2. The van der Waals surface area contributed by atoms with Crippen LogP contribution in [0.15, 0.2) is 12.3 Å². The summed E-state index contributed by atoms with van der Waals surface area (Å²) < 4.78 is 0. The summed E-state index contributed by atoms with van der Waals surface area (Å²) in [6, 6.07) is 1.46. The van der Waals surface area contributed by atoms with Gasteiger partial charge in [0.2, 0.25) is 5.91 Å². The molecule has 7 nitrogen and oxygen atoms in total. The van der Waals surface area contributed by atoms with Crippen molar-refractivity contribution in [2.45, 2.75) is 20.3 Å². The number of nitrogen functional groups attached to an aromatic ring is 1. The molecule has 5 N–H and O–H groups in total.